The first kappa shape index (κ1) is 13.4. The summed E-state index contributed by atoms with van der Waals surface area (Å²) in [4.78, 5) is 14.7. The van der Waals surface area contributed by atoms with E-state index >= 15 is 0 Å². The van der Waals surface area contributed by atoms with Gasteiger partial charge in [0.1, 0.15) is 0 Å². The van der Waals surface area contributed by atoms with Crippen LogP contribution < -0.4 is 5.73 Å². The maximum absolute atomic E-state index is 12.7. The number of hydrogen-bond acceptors (Lipinski definition) is 3. The lowest BCUT2D eigenvalue weighted by molar-refractivity contribution is -0.139. The molecule has 2 aliphatic carbocycles. The molecule has 1 heterocycles. The van der Waals surface area contributed by atoms with Crippen LogP contribution in [0, 0.1) is 23.7 Å². The monoisotopic (exact) mass is 266 g/mol. The van der Waals surface area contributed by atoms with Gasteiger partial charge in [0.2, 0.25) is 5.91 Å². The lowest BCUT2D eigenvalue weighted by Gasteiger charge is -2.37. The normalized spacial score (nSPS) is 40.7. The summed E-state index contributed by atoms with van der Waals surface area (Å²) in [6.07, 6.45) is 5.20. The number of rotatable bonds is 2. The minimum Gasteiger partial charge on any atom is -0.393 e. The molecule has 5 unspecified atom stereocenters. The van der Waals surface area contributed by atoms with Crippen LogP contribution in [0.1, 0.15) is 39.0 Å². The van der Waals surface area contributed by atoms with Crippen molar-refractivity contribution in [2.45, 2.75) is 51.2 Å². The molecule has 5 atom stereocenters. The molecule has 108 valence electrons. The predicted molar refractivity (Wildman–Crippen MR) is 73.3 cm³/mol. The van der Waals surface area contributed by atoms with E-state index in [4.69, 9.17) is 5.73 Å². The van der Waals surface area contributed by atoms with Gasteiger partial charge in [0, 0.05) is 19.1 Å². The van der Waals surface area contributed by atoms with Crippen molar-refractivity contribution in [3.8, 4) is 0 Å². The number of piperidine rings is 1. The van der Waals surface area contributed by atoms with Gasteiger partial charge in [0.25, 0.3) is 0 Å². The summed E-state index contributed by atoms with van der Waals surface area (Å²) in [5, 5.41) is 9.62. The van der Waals surface area contributed by atoms with Crippen molar-refractivity contribution < 1.29 is 9.90 Å². The number of amides is 1. The first-order valence-electron chi connectivity index (χ1n) is 7.80. The molecule has 2 saturated carbocycles. The summed E-state index contributed by atoms with van der Waals surface area (Å²) in [7, 11) is 0. The molecule has 4 heteroatoms. The number of fused-ring (bicyclic) bond motifs is 2. The maximum Gasteiger partial charge on any atom is 0.227 e. The van der Waals surface area contributed by atoms with Crippen molar-refractivity contribution in [2.75, 3.05) is 13.1 Å². The topological polar surface area (TPSA) is 66.6 Å². The molecule has 3 aliphatic rings. The molecule has 3 rings (SSSR count). The molecule has 0 aromatic carbocycles. The Hall–Kier alpha value is -0.610. The number of aliphatic hydroxyl groups is 1. The van der Waals surface area contributed by atoms with Crippen molar-refractivity contribution >= 4 is 5.91 Å². The zero-order valence-corrected chi connectivity index (χ0v) is 11.8. The molecule has 2 bridgehead atoms. The zero-order chi connectivity index (χ0) is 13.6. The lowest BCUT2D eigenvalue weighted by Crippen LogP contribution is -2.49. The molecular formula is C15H26N2O2. The van der Waals surface area contributed by atoms with Crippen LogP contribution in [0.25, 0.3) is 0 Å². The Kier molecular flexibility index (Phi) is 3.56. The van der Waals surface area contributed by atoms with Gasteiger partial charge >= 0.3 is 0 Å². The number of carbonyl (C=O) groups is 1. The molecule has 19 heavy (non-hydrogen) atoms. The van der Waals surface area contributed by atoms with Gasteiger partial charge in [-0.2, -0.15) is 0 Å². The predicted octanol–water partition coefficient (Wildman–Crippen LogP) is 0.979. The van der Waals surface area contributed by atoms with Gasteiger partial charge in [-0.3, -0.25) is 4.79 Å². The number of nitrogens with zero attached hydrogens (tertiary/aromatic N) is 1. The molecule has 0 radical (unpaired) electrons. The molecular weight excluding hydrogens is 240 g/mol. The molecule has 1 aliphatic heterocycles. The molecule has 1 saturated heterocycles. The Bertz CT molecular complexity index is 348. The Labute approximate surface area is 115 Å². The highest BCUT2D eigenvalue weighted by atomic mass is 16.3. The van der Waals surface area contributed by atoms with E-state index in [9.17, 15) is 9.90 Å². The summed E-state index contributed by atoms with van der Waals surface area (Å²) in [6, 6.07) is 0.0979. The third-order valence-corrected chi connectivity index (χ3v) is 5.80. The van der Waals surface area contributed by atoms with E-state index in [-0.39, 0.29) is 18.1 Å². The second-order valence-electron chi connectivity index (χ2n) is 6.84. The number of likely N-dealkylation sites (tertiary alicyclic amines) is 1. The third kappa shape index (κ3) is 2.29. The Morgan fingerprint density at radius 1 is 1.21 bits per heavy atom. The fourth-order valence-electron chi connectivity index (χ4n) is 4.52. The smallest absolute Gasteiger partial charge is 0.227 e. The highest BCUT2D eigenvalue weighted by molar-refractivity contribution is 5.80. The summed E-state index contributed by atoms with van der Waals surface area (Å²) < 4.78 is 0. The number of carbonyl (C=O) groups excluding carboxylic acids is 1. The van der Waals surface area contributed by atoms with E-state index in [2.05, 4.69) is 0 Å². The summed E-state index contributed by atoms with van der Waals surface area (Å²) in [5.41, 5.74) is 6.26. The van der Waals surface area contributed by atoms with Gasteiger partial charge in [0.15, 0.2) is 0 Å². The molecule has 0 spiro atoms. The van der Waals surface area contributed by atoms with E-state index in [1.807, 2.05) is 11.8 Å². The highest BCUT2D eigenvalue weighted by Crippen LogP contribution is 2.48. The first-order valence-corrected chi connectivity index (χ1v) is 7.80. The van der Waals surface area contributed by atoms with E-state index in [1.54, 1.807) is 0 Å². The average molecular weight is 266 g/mol. The fourth-order valence-corrected chi connectivity index (χ4v) is 4.52. The SMILES string of the molecule is CC(O)C1CCN(C(=O)C2C3CCC(C3)C2N)CC1. The highest BCUT2D eigenvalue weighted by Gasteiger charge is 2.50. The third-order valence-electron chi connectivity index (χ3n) is 5.80. The molecule has 0 aromatic rings. The molecule has 3 fully saturated rings. The zero-order valence-electron chi connectivity index (χ0n) is 11.8. The van der Waals surface area contributed by atoms with Gasteiger partial charge in [-0.25, -0.2) is 0 Å². The first-order chi connectivity index (χ1) is 9.08. The van der Waals surface area contributed by atoms with Gasteiger partial charge in [0.05, 0.1) is 12.0 Å². The maximum atomic E-state index is 12.7. The van der Waals surface area contributed by atoms with Crippen LogP contribution in [0.3, 0.4) is 0 Å². The van der Waals surface area contributed by atoms with E-state index in [0.29, 0.717) is 23.7 Å². The van der Waals surface area contributed by atoms with Gasteiger partial charge in [-0.1, -0.05) is 0 Å². The Balaban J connectivity index is 1.60. The average Bonchev–Trinajstić information content (AvgIpc) is 2.99. The van der Waals surface area contributed by atoms with Crippen LogP contribution in [-0.2, 0) is 4.79 Å². The van der Waals surface area contributed by atoms with Crippen molar-refractivity contribution in [3.63, 3.8) is 0 Å². The van der Waals surface area contributed by atoms with E-state index in [1.165, 1.54) is 19.3 Å². The van der Waals surface area contributed by atoms with Crippen LogP contribution >= 0.6 is 0 Å². The van der Waals surface area contributed by atoms with Crippen LogP contribution in [0.4, 0.5) is 0 Å². The number of nitrogens with two attached hydrogens (primary N) is 1. The Morgan fingerprint density at radius 3 is 2.37 bits per heavy atom. The fraction of sp³-hybridized carbons (Fsp3) is 0.933. The summed E-state index contributed by atoms with van der Waals surface area (Å²) >= 11 is 0. The second-order valence-corrected chi connectivity index (χ2v) is 6.84. The number of hydrogen-bond donors (Lipinski definition) is 2. The quantitative estimate of drug-likeness (QED) is 0.783. The summed E-state index contributed by atoms with van der Waals surface area (Å²) in [6.45, 7) is 3.46. The minimum atomic E-state index is -0.248. The minimum absolute atomic E-state index is 0.0850. The van der Waals surface area contributed by atoms with Gasteiger partial charge < -0.3 is 15.7 Å². The molecule has 3 N–H and O–H groups in total. The van der Waals surface area contributed by atoms with Gasteiger partial charge in [-0.05, 0) is 56.8 Å². The lowest BCUT2D eigenvalue weighted by atomic mass is 9.83. The second kappa shape index (κ2) is 5.06. The van der Waals surface area contributed by atoms with E-state index in [0.717, 1.165) is 25.9 Å². The number of aliphatic hydroxyl groups excluding tert-OH is 1. The molecule has 0 aromatic heterocycles. The van der Waals surface area contributed by atoms with E-state index < -0.39 is 0 Å². The van der Waals surface area contributed by atoms with Crippen LogP contribution in [0.5, 0.6) is 0 Å². The van der Waals surface area contributed by atoms with Crippen LogP contribution in [-0.4, -0.2) is 41.1 Å². The summed E-state index contributed by atoms with van der Waals surface area (Å²) in [5.74, 6) is 1.87. The standard InChI is InChI=1S/C15H26N2O2/c1-9(18)10-4-6-17(7-5-10)15(19)13-11-2-3-12(8-11)14(13)16/h9-14,18H,2-8,16H2,1H3. The Morgan fingerprint density at radius 2 is 1.84 bits per heavy atom. The van der Waals surface area contributed by atoms with Crippen molar-refractivity contribution in [3.05, 3.63) is 0 Å². The van der Waals surface area contributed by atoms with Gasteiger partial charge in [-0.15, -0.1) is 0 Å². The largest absolute Gasteiger partial charge is 0.393 e. The molecule has 4 nitrogen and oxygen atoms in total. The van der Waals surface area contributed by atoms with Crippen molar-refractivity contribution in [2.24, 2.45) is 29.4 Å². The van der Waals surface area contributed by atoms with Crippen LogP contribution in [0.2, 0.25) is 0 Å². The molecule has 1 amide bonds. The van der Waals surface area contributed by atoms with Crippen molar-refractivity contribution in [1.82, 2.24) is 4.90 Å². The van der Waals surface area contributed by atoms with Crippen LogP contribution in [0.15, 0.2) is 0 Å². The van der Waals surface area contributed by atoms with Crippen molar-refractivity contribution in [1.29, 1.82) is 0 Å².